The van der Waals surface area contributed by atoms with E-state index in [0.29, 0.717) is 50.5 Å². The smallest absolute Gasteiger partial charge is 0.336 e. The first-order valence-electron chi connectivity index (χ1n) is 17.7. The molecule has 0 saturated carbocycles. The molecule has 1 heterocycles. The number of nitrogens with one attached hydrogen (secondary N) is 2. The summed E-state index contributed by atoms with van der Waals surface area (Å²) in [7, 11) is 0. The number of hydrogen-bond donors (Lipinski definition) is 5. The minimum Gasteiger partial charge on any atom is -0.481 e. The first kappa shape index (κ1) is 41.1. The van der Waals surface area contributed by atoms with Crippen LogP contribution in [0.3, 0.4) is 0 Å². The monoisotopic (exact) mass is 752 g/mol. The molecule has 0 aliphatic rings. The Balaban J connectivity index is 1.28. The van der Waals surface area contributed by atoms with Gasteiger partial charge in [-0.2, -0.15) is 0 Å². The quantitative estimate of drug-likeness (QED) is 0.0422. The van der Waals surface area contributed by atoms with E-state index in [2.05, 4.69) is 53.3 Å². The first-order valence-corrected chi connectivity index (χ1v) is 18.5. The summed E-state index contributed by atoms with van der Waals surface area (Å²) in [5.41, 5.74) is -0.615. The van der Waals surface area contributed by atoms with E-state index in [0.717, 1.165) is 43.0 Å². The molecule has 1 atom stereocenters. The van der Waals surface area contributed by atoms with Gasteiger partial charge >= 0.3 is 22.8 Å². The maximum absolute atomic E-state index is 13.3. The van der Waals surface area contributed by atoms with Gasteiger partial charge in [0.15, 0.2) is 11.4 Å². The molecule has 0 saturated heterocycles. The number of ether oxygens (including phenoxy) is 2. The van der Waals surface area contributed by atoms with Crippen molar-refractivity contribution >= 4 is 56.1 Å². The van der Waals surface area contributed by atoms with Gasteiger partial charge in [-0.1, -0.05) is 73.7 Å². The molecule has 3 aromatic carbocycles. The number of H-pyrrole nitrogens is 1. The summed E-state index contributed by atoms with van der Waals surface area (Å²) in [6.07, 6.45) is -0.754. The molecule has 0 aliphatic carbocycles. The van der Waals surface area contributed by atoms with Gasteiger partial charge in [0, 0.05) is 26.2 Å². The highest BCUT2D eigenvalue weighted by atomic mass is 32.1. The van der Waals surface area contributed by atoms with Crippen molar-refractivity contribution in [2.75, 3.05) is 59.0 Å². The predicted molar refractivity (Wildman–Crippen MR) is 202 cm³/mol. The first-order chi connectivity index (χ1) is 25.4. The number of aromatic amines is 1. The van der Waals surface area contributed by atoms with Gasteiger partial charge in [0.2, 0.25) is 5.91 Å². The summed E-state index contributed by atoms with van der Waals surface area (Å²) in [6.45, 7) is 9.75. The van der Waals surface area contributed by atoms with Crippen molar-refractivity contribution in [2.24, 2.45) is 0 Å². The number of hydrogen-bond acceptors (Lipinski definition) is 11. The summed E-state index contributed by atoms with van der Waals surface area (Å²) in [4.78, 5) is 66.9. The van der Waals surface area contributed by atoms with Gasteiger partial charge in [-0.15, -0.1) is 0 Å². The number of carboxylic acid groups (broad SMARTS) is 2. The fraction of sp³-hybridized carbons (Fsp3) is 0.447. The van der Waals surface area contributed by atoms with Crippen molar-refractivity contribution in [1.82, 2.24) is 20.1 Å². The Hall–Kier alpha value is -4.67. The Morgan fingerprint density at radius 1 is 0.868 bits per heavy atom. The maximum atomic E-state index is 13.3. The predicted octanol–water partition coefficient (Wildman–Crippen LogP) is 3.28. The molecule has 286 valence electrons. The van der Waals surface area contributed by atoms with Crippen LogP contribution < -0.4 is 14.9 Å². The molecule has 5 N–H and O–H groups in total. The fourth-order valence-electron chi connectivity index (χ4n) is 6.04. The molecule has 14 nitrogen and oxygen atoms in total. The number of aliphatic hydroxyl groups is 1. The van der Waals surface area contributed by atoms with Gasteiger partial charge < -0.3 is 44.9 Å². The molecule has 0 aliphatic heterocycles. The number of benzene rings is 3. The van der Waals surface area contributed by atoms with Crippen LogP contribution >= 0.6 is 11.3 Å². The molecule has 0 fully saturated rings. The second kappa shape index (κ2) is 20.0. The standard InChI is InChI=1S/C38H48N4O10S/c1-3-41(4-2)20-21-42(31(43)16-23-51-22-15-27-10-7-9-26-8-5-6-11-29(26)27)19-18-39-17-14-28-12-13-30(34-35(28)53-37(49)40-34)52-33(46)25-38(50,36(47)48)24-32(44)45/h5-13,39,50H,3-4,14-25H2,1-2H3,(H,40,49)(H,44,45)(H,47,48). The zero-order valence-corrected chi connectivity index (χ0v) is 30.9. The molecule has 0 bridgehead atoms. The number of carbonyl (C=O) groups excluding carboxylic acids is 2. The fourth-order valence-corrected chi connectivity index (χ4v) is 6.94. The third-order valence-electron chi connectivity index (χ3n) is 9.04. The van der Waals surface area contributed by atoms with Gasteiger partial charge in [0.1, 0.15) is 5.52 Å². The number of aromatic nitrogens is 1. The highest BCUT2D eigenvalue weighted by Gasteiger charge is 2.41. The zero-order valence-electron chi connectivity index (χ0n) is 30.1. The number of nitrogens with zero attached hydrogens (tertiary/aromatic N) is 2. The number of amides is 1. The Morgan fingerprint density at radius 3 is 2.36 bits per heavy atom. The van der Waals surface area contributed by atoms with E-state index in [9.17, 15) is 34.2 Å². The van der Waals surface area contributed by atoms with Crippen LogP contribution in [0.25, 0.3) is 21.0 Å². The highest BCUT2D eigenvalue weighted by Crippen LogP contribution is 2.30. The number of carboxylic acids is 2. The van der Waals surface area contributed by atoms with Gasteiger partial charge in [0.05, 0.1) is 37.2 Å². The van der Waals surface area contributed by atoms with Gasteiger partial charge in [-0.3, -0.25) is 19.2 Å². The molecule has 1 amide bonds. The topological polar surface area (TPSA) is 199 Å². The molecule has 1 unspecified atom stereocenters. The zero-order chi connectivity index (χ0) is 38.4. The number of esters is 1. The lowest BCUT2D eigenvalue weighted by atomic mass is 9.96. The number of rotatable bonds is 23. The Bertz CT molecular complexity index is 1920. The molecule has 0 spiro atoms. The largest absolute Gasteiger partial charge is 0.481 e. The van der Waals surface area contributed by atoms with E-state index in [1.807, 2.05) is 23.1 Å². The van der Waals surface area contributed by atoms with Crippen molar-refractivity contribution < 1.29 is 44.0 Å². The van der Waals surface area contributed by atoms with E-state index in [1.165, 1.54) is 22.4 Å². The molecule has 4 aromatic rings. The van der Waals surface area contributed by atoms with Crippen LogP contribution in [-0.2, 0) is 36.8 Å². The Morgan fingerprint density at radius 2 is 1.62 bits per heavy atom. The van der Waals surface area contributed by atoms with Crippen LogP contribution in [0.1, 0.15) is 44.2 Å². The maximum Gasteiger partial charge on any atom is 0.336 e. The van der Waals surface area contributed by atoms with E-state index in [-0.39, 0.29) is 23.6 Å². The van der Waals surface area contributed by atoms with Crippen LogP contribution in [0.5, 0.6) is 5.75 Å². The molecule has 15 heteroatoms. The molecule has 4 rings (SSSR count). The average molecular weight is 753 g/mol. The lowest BCUT2D eigenvalue weighted by Gasteiger charge is -2.27. The average Bonchev–Trinajstić information content (AvgIpc) is 3.53. The van der Waals surface area contributed by atoms with Crippen LogP contribution in [0, 0.1) is 0 Å². The van der Waals surface area contributed by atoms with Crippen LogP contribution in [0.4, 0.5) is 0 Å². The Labute approximate surface area is 311 Å². The molecular formula is C38H48N4O10S. The third kappa shape index (κ3) is 11.9. The summed E-state index contributed by atoms with van der Waals surface area (Å²) in [5.74, 6) is -4.67. The van der Waals surface area contributed by atoms with E-state index >= 15 is 0 Å². The van der Waals surface area contributed by atoms with Gasteiger partial charge in [-0.25, -0.2) is 4.79 Å². The highest BCUT2D eigenvalue weighted by molar-refractivity contribution is 7.16. The van der Waals surface area contributed by atoms with Gasteiger partial charge in [-0.05, 0) is 60.4 Å². The molecule has 0 radical (unpaired) electrons. The normalized spacial score (nSPS) is 12.6. The molecule has 53 heavy (non-hydrogen) atoms. The lowest BCUT2D eigenvalue weighted by Crippen LogP contribution is -2.43. The Kier molecular flexibility index (Phi) is 15.5. The minimum atomic E-state index is -2.85. The number of fused-ring (bicyclic) bond motifs is 2. The molecule has 1 aromatic heterocycles. The second-order valence-corrected chi connectivity index (χ2v) is 13.6. The van der Waals surface area contributed by atoms with E-state index in [1.54, 1.807) is 6.07 Å². The van der Waals surface area contributed by atoms with Crippen molar-refractivity contribution in [3.05, 3.63) is 75.4 Å². The SMILES string of the molecule is CCN(CC)CCN(CCNCCc1ccc(OC(=O)CC(O)(CC(=O)O)C(=O)O)c2[nH]c(=O)sc12)C(=O)CCOCCc1cccc2ccccc12. The van der Waals surface area contributed by atoms with E-state index < -0.39 is 41.2 Å². The van der Waals surface area contributed by atoms with Crippen LogP contribution in [0.2, 0.25) is 0 Å². The van der Waals surface area contributed by atoms with Crippen molar-refractivity contribution in [3.8, 4) is 5.75 Å². The summed E-state index contributed by atoms with van der Waals surface area (Å²) in [6, 6.07) is 17.6. The van der Waals surface area contributed by atoms with Crippen LogP contribution in [-0.4, -0.2) is 119 Å². The minimum absolute atomic E-state index is 0.0258. The van der Waals surface area contributed by atoms with Crippen LogP contribution in [0.15, 0.2) is 59.4 Å². The summed E-state index contributed by atoms with van der Waals surface area (Å²) in [5, 5.41) is 34.2. The van der Waals surface area contributed by atoms with Crippen molar-refractivity contribution in [3.63, 3.8) is 0 Å². The number of thiazole rings is 1. The number of carbonyl (C=O) groups is 4. The summed E-state index contributed by atoms with van der Waals surface area (Å²) < 4.78 is 11.7. The van der Waals surface area contributed by atoms with Gasteiger partial charge in [0.25, 0.3) is 0 Å². The van der Waals surface area contributed by atoms with E-state index in [4.69, 9.17) is 14.6 Å². The lowest BCUT2D eigenvalue weighted by molar-refractivity contribution is -0.169. The van der Waals surface area contributed by atoms with Crippen molar-refractivity contribution in [1.29, 1.82) is 0 Å². The second-order valence-electron chi connectivity index (χ2n) is 12.7. The van der Waals surface area contributed by atoms with Crippen molar-refractivity contribution in [2.45, 2.75) is 51.6 Å². The molecular weight excluding hydrogens is 705 g/mol. The summed E-state index contributed by atoms with van der Waals surface area (Å²) >= 11 is 0.922. The third-order valence-corrected chi connectivity index (χ3v) is 10.0. The number of likely N-dealkylation sites (N-methyl/N-ethyl adjacent to an activating group) is 1. The number of aliphatic carboxylic acids is 2.